The maximum Gasteiger partial charge on any atom is 0.235 e. The quantitative estimate of drug-likeness (QED) is 0.558. The van der Waals surface area contributed by atoms with Gasteiger partial charge in [0.2, 0.25) is 6.08 Å². The van der Waals surface area contributed by atoms with Gasteiger partial charge in [-0.25, -0.2) is 9.79 Å². The third-order valence-corrected chi connectivity index (χ3v) is 2.56. The van der Waals surface area contributed by atoms with Gasteiger partial charge in [0, 0.05) is 7.11 Å². The Morgan fingerprint density at radius 2 is 2.00 bits per heavy atom. The second kappa shape index (κ2) is 4.87. The molecule has 1 rings (SSSR count). The summed E-state index contributed by atoms with van der Waals surface area (Å²) in [5.74, 6) is 0. The molecule has 1 atom stereocenters. The highest BCUT2D eigenvalue weighted by atomic mass is 16.5. The Morgan fingerprint density at radius 1 is 1.40 bits per heavy atom. The van der Waals surface area contributed by atoms with Crippen LogP contribution in [0.1, 0.15) is 18.1 Å². The predicted octanol–water partition coefficient (Wildman–Crippen LogP) is 2.19. The van der Waals surface area contributed by atoms with Crippen LogP contribution in [0.2, 0.25) is 0 Å². The summed E-state index contributed by atoms with van der Waals surface area (Å²) in [5, 5.41) is 0. The molecule has 0 spiro atoms. The van der Waals surface area contributed by atoms with Gasteiger partial charge in [0.15, 0.2) is 0 Å². The first-order valence-corrected chi connectivity index (χ1v) is 4.78. The molecule has 1 aromatic rings. The van der Waals surface area contributed by atoms with Gasteiger partial charge in [-0.2, -0.15) is 0 Å². The van der Waals surface area contributed by atoms with Gasteiger partial charge >= 0.3 is 0 Å². The molecule has 0 heterocycles. The van der Waals surface area contributed by atoms with Gasteiger partial charge < -0.3 is 4.74 Å². The second-order valence-corrected chi connectivity index (χ2v) is 3.71. The number of methoxy groups -OCH3 is 1. The fourth-order valence-corrected chi connectivity index (χ4v) is 1.36. The Labute approximate surface area is 89.8 Å². The van der Waals surface area contributed by atoms with Crippen molar-refractivity contribution in [2.24, 2.45) is 4.99 Å². The SMILES string of the molecule is COC(C)(CN=C=O)c1ccc(C)cc1. The van der Waals surface area contributed by atoms with Crippen molar-refractivity contribution in [1.82, 2.24) is 0 Å². The van der Waals surface area contributed by atoms with E-state index in [9.17, 15) is 4.79 Å². The van der Waals surface area contributed by atoms with Crippen molar-refractivity contribution in [3.05, 3.63) is 35.4 Å². The zero-order valence-electron chi connectivity index (χ0n) is 9.28. The molecule has 3 nitrogen and oxygen atoms in total. The molecule has 1 unspecified atom stereocenters. The molecule has 1 aromatic carbocycles. The monoisotopic (exact) mass is 205 g/mol. The van der Waals surface area contributed by atoms with Gasteiger partial charge in [0.05, 0.1) is 6.54 Å². The highest BCUT2D eigenvalue weighted by Gasteiger charge is 2.25. The van der Waals surface area contributed by atoms with E-state index in [4.69, 9.17) is 4.74 Å². The summed E-state index contributed by atoms with van der Waals surface area (Å²) >= 11 is 0. The molecular formula is C12H15NO2. The zero-order valence-corrected chi connectivity index (χ0v) is 9.28. The van der Waals surface area contributed by atoms with E-state index in [1.165, 1.54) is 11.6 Å². The minimum atomic E-state index is -0.550. The van der Waals surface area contributed by atoms with Crippen LogP contribution < -0.4 is 0 Å². The van der Waals surface area contributed by atoms with Crippen molar-refractivity contribution < 1.29 is 9.53 Å². The summed E-state index contributed by atoms with van der Waals surface area (Å²) in [7, 11) is 1.61. The molecule has 0 aliphatic rings. The van der Waals surface area contributed by atoms with E-state index < -0.39 is 5.60 Å². The Balaban J connectivity index is 2.99. The number of hydrogen-bond acceptors (Lipinski definition) is 3. The van der Waals surface area contributed by atoms with Crippen LogP contribution in [0.5, 0.6) is 0 Å². The number of nitrogens with zero attached hydrogens (tertiary/aromatic N) is 1. The Kier molecular flexibility index (Phi) is 3.78. The summed E-state index contributed by atoms with van der Waals surface area (Å²) in [6.07, 6.45) is 1.53. The topological polar surface area (TPSA) is 38.7 Å². The predicted molar refractivity (Wildman–Crippen MR) is 58.5 cm³/mol. The summed E-state index contributed by atoms with van der Waals surface area (Å²) in [6, 6.07) is 7.99. The van der Waals surface area contributed by atoms with Crippen LogP contribution in [0.25, 0.3) is 0 Å². The maximum atomic E-state index is 10.1. The molecule has 0 aliphatic heterocycles. The van der Waals surface area contributed by atoms with E-state index in [1.807, 2.05) is 38.1 Å². The van der Waals surface area contributed by atoms with Crippen molar-refractivity contribution in [3.63, 3.8) is 0 Å². The van der Waals surface area contributed by atoms with Crippen molar-refractivity contribution in [2.45, 2.75) is 19.4 Å². The van der Waals surface area contributed by atoms with Crippen LogP contribution in [-0.2, 0) is 15.1 Å². The van der Waals surface area contributed by atoms with E-state index in [0.717, 1.165) is 5.56 Å². The number of aryl methyl sites for hydroxylation is 1. The smallest absolute Gasteiger partial charge is 0.235 e. The number of benzene rings is 1. The molecule has 0 N–H and O–H groups in total. The summed E-state index contributed by atoms with van der Waals surface area (Å²) in [6.45, 7) is 4.21. The number of ether oxygens (including phenoxy) is 1. The molecule has 3 heteroatoms. The Bertz CT molecular complexity index is 366. The molecule has 0 aliphatic carbocycles. The summed E-state index contributed by atoms with van der Waals surface area (Å²) < 4.78 is 5.39. The van der Waals surface area contributed by atoms with E-state index in [2.05, 4.69) is 4.99 Å². The third kappa shape index (κ3) is 2.75. The number of isocyanates is 1. The average Bonchev–Trinajstić information content (AvgIpc) is 2.27. The van der Waals surface area contributed by atoms with Crippen LogP contribution in [-0.4, -0.2) is 19.7 Å². The first-order chi connectivity index (χ1) is 7.12. The molecule has 15 heavy (non-hydrogen) atoms. The molecule has 0 amide bonds. The van der Waals surface area contributed by atoms with E-state index in [-0.39, 0.29) is 6.54 Å². The van der Waals surface area contributed by atoms with Crippen LogP contribution in [0.3, 0.4) is 0 Å². The standard InChI is InChI=1S/C12H15NO2/c1-10-4-6-11(7-5-10)12(2,15-3)8-13-9-14/h4-7H,8H2,1-3H3. The molecule has 0 fully saturated rings. The van der Waals surface area contributed by atoms with Gasteiger partial charge in [-0.05, 0) is 19.4 Å². The highest BCUT2D eigenvalue weighted by molar-refractivity contribution is 5.34. The normalized spacial score (nSPS) is 14.1. The van der Waals surface area contributed by atoms with Gasteiger partial charge in [-0.3, -0.25) is 0 Å². The van der Waals surface area contributed by atoms with Crippen LogP contribution in [0.4, 0.5) is 0 Å². The van der Waals surface area contributed by atoms with Crippen molar-refractivity contribution in [1.29, 1.82) is 0 Å². The second-order valence-electron chi connectivity index (χ2n) is 3.71. The third-order valence-electron chi connectivity index (χ3n) is 2.56. The van der Waals surface area contributed by atoms with E-state index >= 15 is 0 Å². The van der Waals surface area contributed by atoms with Gasteiger partial charge in [-0.15, -0.1) is 0 Å². The minimum Gasteiger partial charge on any atom is -0.372 e. The van der Waals surface area contributed by atoms with Crippen molar-refractivity contribution in [2.75, 3.05) is 13.7 Å². The van der Waals surface area contributed by atoms with Crippen molar-refractivity contribution >= 4 is 6.08 Å². The zero-order chi connectivity index (χ0) is 11.3. The minimum absolute atomic E-state index is 0.288. The molecular weight excluding hydrogens is 190 g/mol. The molecule has 0 radical (unpaired) electrons. The van der Waals surface area contributed by atoms with Crippen molar-refractivity contribution in [3.8, 4) is 0 Å². The Morgan fingerprint density at radius 3 is 2.47 bits per heavy atom. The first-order valence-electron chi connectivity index (χ1n) is 4.78. The average molecular weight is 205 g/mol. The molecule has 0 bridgehead atoms. The summed E-state index contributed by atoms with van der Waals surface area (Å²) in [5.41, 5.74) is 1.65. The largest absolute Gasteiger partial charge is 0.372 e. The maximum absolute atomic E-state index is 10.1. The summed E-state index contributed by atoms with van der Waals surface area (Å²) in [4.78, 5) is 13.7. The molecule has 0 saturated heterocycles. The molecule has 0 aromatic heterocycles. The number of hydrogen-bond donors (Lipinski definition) is 0. The van der Waals surface area contributed by atoms with Crippen LogP contribution in [0, 0.1) is 6.92 Å². The van der Waals surface area contributed by atoms with Gasteiger partial charge in [0.25, 0.3) is 0 Å². The number of rotatable bonds is 4. The molecule has 80 valence electrons. The lowest BCUT2D eigenvalue weighted by atomic mass is 9.95. The molecule has 0 saturated carbocycles. The lowest BCUT2D eigenvalue weighted by molar-refractivity contribution is 0.0105. The fraction of sp³-hybridized carbons (Fsp3) is 0.417. The van der Waals surface area contributed by atoms with E-state index in [1.54, 1.807) is 7.11 Å². The lowest BCUT2D eigenvalue weighted by Crippen LogP contribution is -2.27. The number of aliphatic imine (C=N–C) groups is 1. The first kappa shape index (κ1) is 11.6. The van der Waals surface area contributed by atoms with Gasteiger partial charge in [-0.1, -0.05) is 29.8 Å². The van der Waals surface area contributed by atoms with Crippen LogP contribution >= 0.6 is 0 Å². The highest BCUT2D eigenvalue weighted by Crippen LogP contribution is 2.25. The van der Waals surface area contributed by atoms with Crippen LogP contribution in [0.15, 0.2) is 29.3 Å². The number of carbonyl (C=O) groups excluding carboxylic acids is 1. The van der Waals surface area contributed by atoms with E-state index in [0.29, 0.717) is 0 Å². The Hall–Kier alpha value is -1.44. The van der Waals surface area contributed by atoms with Gasteiger partial charge in [0.1, 0.15) is 5.60 Å². The lowest BCUT2D eigenvalue weighted by Gasteiger charge is -2.26. The fourth-order valence-electron chi connectivity index (χ4n) is 1.36.